The fraction of sp³-hybridized carbons (Fsp3) is 0.280. The number of benzene rings is 2. The summed E-state index contributed by atoms with van der Waals surface area (Å²) in [6.45, 7) is 6.96. The van der Waals surface area contributed by atoms with Crippen LogP contribution in [0, 0.1) is 13.8 Å². The van der Waals surface area contributed by atoms with E-state index in [1.807, 2.05) is 74.0 Å². The number of ether oxygens (including phenoxy) is 2. The highest BCUT2D eigenvalue weighted by molar-refractivity contribution is 5.91. The molecule has 0 bridgehead atoms. The van der Waals surface area contributed by atoms with Crippen molar-refractivity contribution >= 4 is 12.0 Å². The van der Waals surface area contributed by atoms with E-state index in [1.54, 1.807) is 31.2 Å². The average Bonchev–Trinajstić information content (AvgIpc) is 3.06. The normalized spacial score (nSPS) is 11.0. The number of rotatable bonds is 8. The Morgan fingerprint density at radius 2 is 1.87 bits per heavy atom. The van der Waals surface area contributed by atoms with Crippen molar-refractivity contribution in [2.75, 3.05) is 20.8 Å². The van der Waals surface area contributed by atoms with Gasteiger partial charge in [0.1, 0.15) is 0 Å². The molecular weight excluding hydrogens is 390 g/mol. The van der Waals surface area contributed by atoms with Crippen LogP contribution in [-0.4, -0.2) is 41.4 Å². The lowest BCUT2D eigenvalue weighted by Gasteiger charge is -2.16. The van der Waals surface area contributed by atoms with Gasteiger partial charge in [0.15, 0.2) is 11.5 Å². The molecule has 0 aliphatic heterocycles. The Kier molecular flexibility index (Phi) is 7.13. The first-order valence-electron chi connectivity index (χ1n) is 10.3. The van der Waals surface area contributed by atoms with Crippen molar-refractivity contribution in [3.63, 3.8) is 0 Å². The standard InChI is InChI=1S/C25H29N3O3/c1-6-31-24-16-20(12-14-23(24)30-5)13-15-25(29)27(4)17-22-18(2)26-28(19(22)3)21-10-8-7-9-11-21/h7-16H,6,17H2,1-5H3/b15-13+. The number of carbonyl (C=O) groups excluding carboxylic acids is 1. The van der Waals surface area contributed by atoms with Crippen LogP contribution in [0.2, 0.25) is 0 Å². The SMILES string of the molecule is CCOc1cc(/C=C/C(=O)N(C)Cc2c(C)nn(-c3ccccc3)c2C)ccc1OC. The van der Waals surface area contributed by atoms with Gasteiger partial charge in [-0.2, -0.15) is 5.10 Å². The summed E-state index contributed by atoms with van der Waals surface area (Å²) >= 11 is 0. The predicted molar refractivity (Wildman–Crippen MR) is 123 cm³/mol. The van der Waals surface area contributed by atoms with Crippen LogP contribution >= 0.6 is 0 Å². The van der Waals surface area contributed by atoms with E-state index in [9.17, 15) is 4.79 Å². The van der Waals surface area contributed by atoms with E-state index in [-0.39, 0.29) is 5.91 Å². The van der Waals surface area contributed by atoms with Gasteiger partial charge in [-0.25, -0.2) is 4.68 Å². The number of para-hydroxylation sites is 1. The summed E-state index contributed by atoms with van der Waals surface area (Å²) in [6, 6.07) is 15.6. The minimum Gasteiger partial charge on any atom is -0.493 e. The molecule has 0 unspecified atom stereocenters. The molecule has 162 valence electrons. The zero-order valence-electron chi connectivity index (χ0n) is 18.8. The molecule has 6 heteroatoms. The topological polar surface area (TPSA) is 56.6 Å². The van der Waals surface area contributed by atoms with Crippen molar-refractivity contribution < 1.29 is 14.3 Å². The van der Waals surface area contributed by atoms with Crippen LogP contribution in [0.4, 0.5) is 0 Å². The summed E-state index contributed by atoms with van der Waals surface area (Å²) in [5.41, 5.74) is 4.88. The van der Waals surface area contributed by atoms with E-state index in [1.165, 1.54) is 0 Å². The molecule has 3 rings (SSSR count). The second kappa shape index (κ2) is 9.98. The summed E-state index contributed by atoms with van der Waals surface area (Å²) in [6.07, 6.45) is 3.36. The minimum absolute atomic E-state index is 0.0833. The first kappa shape index (κ1) is 22.2. The Morgan fingerprint density at radius 1 is 1.13 bits per heavy atom. The van der Waals surface area contributed by atoms with Crippen molar-refractivity contribution in [2.24, 2.45) is 0 Å². The molecular formula is C25H29N3O3. The summed E-state index contributed by atoms with van der Waals surface area (Å²) in [5, 5.41) is 4.66. The van der Waals surface area contributed by atoms with Gasteiger partial charge in [0.2, 0.25) is 5.91 Å². The lowest BCUT2D eigenvalue weighted by Crippen LogP contribution is -2.24. The summed E-state index contributed by atoms with van der Waals surface area (Å²) in [4.78, 5) is 14.4. The van der Waals surface area contributed by atoms with Gasteiger partial charge in [-0.3, -0.25) is 4.79 Å². The Labute approximate surface area is 183 Å². The molecule has 1 aromatic heterocycles. The maximum Gasteiger partial charge on any atom is 0.246 e. The van der Waals surface area contributed by atoms with E-state index in [0.29, 0.717) is 24.7 Å². The van der Waals surface area contributed by atoms with E-state index in [2.05, 4.69) is 5.10 Å². The highest BCUT2D eigenvalue weighted by atomic mass is 16.5. The van der Waals surface area contributed by atoms with Crippen molar-refractivity contribution in [1.82, 2.24) is 14.7 Å². The number of methoxy groups -OCH3 is 1. The van der Waals surface area contributed by atoms with Gasteiger partial charge in [-0.05, 0) is 56.7 Å². The third-order valence-electron chi connectivity index (χ3n) is 5.12. The monoisotopic (exact) mass is 419 g/mol. The molecule has 6 nitrogen and oxygen atoms in total. The number of likely N-dealkylation sites (N-methyl/N-ethyl adjacent to an activating group) is 1. The molecule has 0 atom stereocenters. The first-order chi connectivity index (χ1) is 14.9. The minimum atomic E-state index is -0.0833. The smallest absolute Gasteiger partial charge is 0.246 e. The quantitative estimate of drug-likeness (QED) is 0.502. The second-order valence-electron chi connectivity index (χ2n) is 7.27. The summed E-state index contributed by atoms with van der Waals surface area (Å²) in [5.74, 6) is 1.25. The number of carbonyl (C=O) groups is 1. The Balaban J connectivity index is 1.73. The largest absolute Gasteiger partial charge is 0.493 e. The number of aryl methyl sites for hydroxylation is 1. The van der Waals surface area contributed by atoms with Crippen LogP contribution in [0.5, 0.6) is 11.5 Å². The van der Waals surface area contributed by atoms with Gasteiger partial charge in [0.05, 0.1) is 25.1 Å². The molecule has 31 heavy (non-hydrogen) atoms. The Bertz CT molecular complexity index is 1070. The van der Waals surface area contributed by atoms with Gasteiger partial charge in [-0.15, -0.1) is 0 Å². The third kappa shape index (κ3) is 5.15. The van der Waals surface area contributed by atoms with Crippen molar-refractivity contribution in [3.8, 4) is 17.2 Å². The predicted octanol–water partition coefficient (Wildman–Crippen LogP) is 4.57. The average molecular weight is 420 g/mol. The highest BCUT2D eigenvalue weighted by Crippen LogP contribution is 2.28. The molecule has 0 saturated carbocycles. The van der Waals surface area contributed by atoms with Crippen molar-refractivity contribution in [1.29, 1.82) is 0 Å². The summed E-state index contributed by atoms with van der Waals surface area (Å²) in [7, 11) is 3.40. The van der Waals surface area contributed by atoms with Gasteiger partial charge < -0.3 is 14.4 Å². The lowest BCUT2D eigenvalue weighted by molar-refractivity contribution is -0.125. The molecule has 0 radical (unpaired) electrons. The molecule has 0 fully saturated rings. The van der Waals surface area contributed by atoms with Gasteiger partial charge >= 0.3 is 0 Å². The van der Waals surface area contributed by atoms with Gasteiger partial charge in [0, 0.05) is 30.9 Å². The maximum absolute atomic E-state index is 12.7. The maximum atomic E-state index is 12.7. The fourth-order valence-electron chi connectivity index (χ4n) is 3.40. The number of amides is 1. The zero-order valence-corrected chi connectivity index (χ0v) is 18.8. The van der Waals surface area contributed by atoms with Crippen molar-refractivity contribution in [3.05, 3.63) is 77.1 Å². The molecule has 2 aromatic carbocycles. The van der Waals surface area contributed by atoms with E-state index in [0.717, 1.165) is 28.2 Å². The molecule has 0 spiro atoms. The molecule has 1 amide bonds. The molecule has 1 heterocycles. The third-order valence-corrected chi connectivity index (χ3v) is 5.12. The number of aromatic nitrogens is 2. The van der Waals surface area contributed by atoms with Crippen LogP contribution in [0.3, 0.4) is 0 Å². The van der Waals surface area contributed by atoms with Crippen LogP contribution < -0.4 is 9.47 Å². The van der Waals surface area contributed by atoms with E-state index >= 15 is 0 Å². The number of nitrogens with zero attached hydrogens (tertiary/aromatic N) is 3. The lowest BCUT2D eigenvalue weighted by atomic mass is 10.1. The molecule has 0 aliphatic rings. The van der Waals surface area contributed by atoms with E-state index in [4.69, 9.17) is 9.47 Å². The van der Waals surface area contributed by atoms with Crippen LogP contribution in [0.15, 0.2) is 54.6 Å². The first-order valence-corrected chi connectivity index (χ1v) is 10.3. The van der Waals surface area contributed by atoms with Crippen molar-refractivity contribution in [2.45, 2.75) is 27.3 Å². The molecule has 0 N–H and O–H groups in total. The molecule has 3 aromatic rings. The molecule has 0 aliphatic carbocycles. The number of hydrogen-bond acceptors (Lipinski definition) is 4. The number of hydrogen-bond donors (Lipinski definition) is 0. The van der Waals surface area contributed by atoms with Crippen LogP contribution in [0.1, 0.15) is 29.4 Å². The van der Waals surface area contributed by atoms with Gasteiger partial charge in [-0.1, -0.05) is 24.3 Å². The second-order valence-corrected chi connectivity index (χ2v) is 7.27. The zero-order chi connectivity index (χ0) is 22.4. The molecule has 0 saturated heterocycles. The Morgan fingerprint density at radius 3 is 2.55 bits per heavy atom. The fourth-order valence-corrected chi connectivity index (χ4v) is 3.40. The highest BCUT2D eigenvalue weighted by Gasteiger charge is 2.16. The summed E-state index contributed by atoms with van der Waals surface area (Å²) < 4.78 is 12.8. The van der Waals surface area contributed by atoms with E-state index < -0.39 is 0 Å². The van der Waals surface area contributed by atoms with Crippen LogP contribution in [-0.2, 0) is 11.3 Å². The van der Waals surface area contributed by atoms with Gasteiger partial charge in [0.25, 0.3) is 0 Å². The Hall–Kier alpha value is -3.54. The van der Waals surface area contributed by atoms with Crippen LogP contribution in [0.25, 0.3) is 11.8 Å².